The number of ether oxygens (including phenoxy) is 1. The molecule has 0 aliphatic heterocycles. The van der Waals surface area contributed by atoms with Crippen LogP contribution in [-0.4, -0.2) is 12.9 Å². The molecule has 2 rings (SSSR count). The average Bonchev–Trinajstić information content (AvgIpc) is 2.84. The molecule has 0 fully saturated rings. The van der Waals surface area contributed by atoms with Crippen molar-refractivity contribution < 1.29 is 9.53 Å². The van der Waals surface area contributed by atoms with Gasteiger partial charge in [-0.3, -0.25) is 4.79 Å². The van der Waals surface area contributed by atoms with Crippen LogP contribution in [0.5, 0.6) is 5.75 Å². The Hall–Kier alpha value is -1.32. The second kappa shape index (κ2) is 5.84. The molecule has 0 spiro atoms. The summed E-state index contributed by atoms with van der Waals surface area (Å²) in [5.41, 5.74) is 1.74. The molecule has 1 aromatic heterocycles. The molecule has 0 bridgehead atoms. The molecule has 0 aliphatic carbocycles. The minimum absolute atomic E-state index is 0.489. The Morgan fingerprint density at radius 1 is 1.35 bits per heavy atom. The van der Waals surface area contributed by atoms with Crippen LogP contribution in [-0.2, 0) is 6.42 Å². The molecule has 88 valence electrons. The summed E-state index contributed by atoms with van der Waals surface area (Å²) in [5.74, 6) is 0.583. The summed E-state index contributed by atoms with van der Waals surface area (Å²) >= 11 is 7.46. The Morgan fingerprint density at radius 3 is 2.94 bits per heavy atom. The molecule has 2 nitrogen and oxygen atoms in total. The second-order valence-electron chi connectivity index (χ2n) is 3.53. The van der Waals surface area contributed by atoms with Crippen LogP contribution in [0.15, 0.2) is 35.0 Å². The molecule has 1 heterocycles. The van der Waals surface area contributed by atoms with Crippen molar-refractivity contribution in [3.63, 3.8) is 0 Å². The standard InChI is InChI=1S/C13H11ClO2S/c14-12-1-2-13(11(7-12)8-15)16-5-3-10-4-6-17-9-10/h1-2,4,6-9H,3,5H2. The maximum Gasteiger partial charge on any atom is 0.153 e. The highest BCUT2D eigenvalue weighted by Crippen LogP contribution is 2.21. The molecule has 2 aromatic rings. The summed E-state index contributed by atoms with van der Waals surface area (Å²) in [6.07, 6.45) is 1.59. The number of carbonyl (C=O) groups excluding carboxylic acids is 1. The Balaban J connectivity index is 1.96. The van der Waals surface area contributed by atoms with E-state index in [9.17, 15) is 4.79 Å². The highest BCUT2D eigenvalue weighted by molar-refractivity contribution is 7.07. The number of aldehydes is 1. The molecule has 0 amide bonds. The van der Waals surface area contributed by atoms with E-state index in [0.717, 1.165) is 12.7 Å². The summed E-state index contributed by atoms with van der Waals surface area (Å²) in [6.45, 7) is 0.555. The zero-order valence-corrected chi connectivity index (χ0v) is 10.6. The van der Waals surface area contributed by atoms with Gasteiger partial charge in [-0.1, -0.05) is 11.6 Å². The molecule has 0 aliphatic rings. The number of benzene rings is 1. The molecule has 4 heteroatoms. The van der Waals surface area contributed by atoms with E-state index in [2.05, 4.69) is 11.4 Å². The van der Waals surface area contributed by atoms with Crippen molar-refractivity contribution in [3.8, 4) is 5.75 Å². The van der Waals surface area contributed by atoms with Crippen molar-refractivity contribution in [1.29, 1.82) is 0 Å². The van der Waals surface area contributed by atoms with E-state index < -0.39 is 0 Å². The molecule has 0 saturated heterocycles. The summed E-state index contributed by atoms with van der Waals surface area (Å²) in [4.78, 5) is 10.8. The first-order valence-electron chi connectivity index (χ1n) is 5.18. The van der Waals surface area contributed by atoms with Gasteiger partial charge in [-0.05, 0) is 40.6 Å². The molecule has 0 N–H and O–H groups in total. The van der Waals surface area contributed by atoms with Crippen LogP contribution in [0.3, 0.4) is 0 Å². The fourth-order valence-electron chi connectivity index (χ4n) is 1.46. The number of halogens is 1. The minimum atomic E-state index is 0.489. The average molecular weight is 267 g/mol. The van der Waals surface area contributed by atoms with Gasteiger partial charge in [-0.15, -0.1) is 0 Å². The van der Waals surface area contributed by atoms with Gasteiger partial charge in [0.2, 0.25) is 0 Å². The summed E-state index contributed by atoms with van der Waals surface area (Å²) in [6, 6.07) is 7.11. The summed E-state index contributed by atoms with van der Waals surface area (Å²) in [5, 5.41) is 4.66. The monoisotopic (exact) mass is 266 g/mol. The van der Waals surface area contributed by atoms with Crippen LogP contribution in [0.1, 0.15) is 15.9 Å². The largest absolute Gasteiger partial charge is 0.492 e. The fourth-order valence-corrected chi connectivity index (χ4v) is 2.34. The number of hydrogen-bond acceptors (Lipinski definition) is 3. The molecular weight excluding hydrogens is 256 g/mol. The van der Waals surface area contributed by atoms with E-state index in [1.165, 1.54) is 5.56 Å². The highest BCUT2D eigenvalue weighted by atomic mass is 35.5. The SMILES string of the molecule is O=Cc1cc(Cl)ccc1OCCc1ccsc1. The van der Waals surface area contributed by atoms with Crippen molar-refractivity contribution in [1.82, 2.24) is 0 Å². The van der Waals surface area contributed by atoms with Crippen LogP contribution >= 0.6 is 22.9 Å². The molecule has 1 aromatic carbocycles. The van der Waals surface area contributed by atoms with E-state index in [1.54, 1.807) is 29.5 Å². The molecular formula is C13H11ClO2S. The van der Waals surface area contributed by atoms with Gasteiger partial charge < -0.3 is 4.74 Å². The van der Waals surface area contributed by atoms with Gasteiger partial charge >= 0.3 is 0 Å². The van der Waals surface area contributed by atoms with E-state index in [0.29, 0.717) is 22.9 Å². The highest BCUT2D eigenvalue weighted by Gasteiger charge is 2.03. The number of hydrogen-bond donors (Lipinski definition) is 0. The number of thiophene rings is 1. The quantitative estimate of drug-likeness (QED) is 0.769. The molecule has 17 heavy (non-hydrogen) atoms. The van der Waals surface area contributed by atoms with Gasteiger partial charge in [0.15, 0.2) is 6.29 Å². The smallest absolute Gasteiger partial charge is 0.153 e. The lowest BCUT2D eigenvalue weighted by atomic mass is 10.2. The van der Waals surface area contributed by atoms with Gasteiger partial charge in [-0.25, -0.2) is 0 Å². The van der Waals surface area contributed by atoms with Crippen molar-refractivity contribution in [2.45, 2.75) is 6.42 Å². The topological polar surface area (TPSA) is 26.3 Å². The van der Waals surface area contributed by atoms with E-state index in [4.69, 9.17) is 16.3 Å². The van der Waals surface area contributed by atoms with Crippen molar-refractivity contribution in [2.75, 3.05) is 6.61 Å². The first-order valence-corrected chi connectivity index (χ1v) is 6.50. The fraction of sp³-hybridized carbons (Fsp3) is 0.154. The Kier molecular flexibility index (Phi) is 4.18. The van der Waals surface area contributed by atoms with Crippen molar-refractivity contribution in [3.05, 3.63) is 51.2 Å². The molecule has 0 atom stereocenters. The third-order valence-corrected chi connectivity index (χ3v) is 3.29. The zero-order chi connectivity index (χ0) is 12.1. The van der Waals surface area contributed by atoms with Crippen LogP contribution in [0.4, 0.5) is 0 Å². The maximum atomic E-state index is 10.8. The first kappa shape index (κ1) is 12.1. The lowest BCUT2D eigenvalue weighted by molar-refractivity contribution is 0.111. The molecule has 0 saturated carbocycles. The Labute approximate surface area is 109 Å². The third-order valence-electron chi connectivity index (χ3n) is 2.33. The lowest BCUT2D eigenvalue weighted by Gasteiger charge is -2.07. The number of rotatable bonds is 5. The van der Waals surface area contributed by atoms with E-state index in [-0.39, 0.29) is 0 Å². The van der Waals surface area contributed by atoms with Crippen LogP contribution in [0, 0.1) is 0 Å². The van der Waals surface area contributed by atoms with Crippen LogP contribution < -0.4 is 4.74 Å². The Morgan fingerprint density at radius 2 is 2.24 bits per heavy atom. The zero-order valence-electron chi connectivity index (χ0n) is 9.06. The molecule has 0 unspecified atom stereocenters. The second-order valence-corrected chi connectivity index (χ2v) is 4.75. The minimum Gasteiger partial charge on any atom is -0.492 e. The van der Waals surface area contributed by atoms with Crippen LogP contribution in [0.2, 0.25) is 5.02 Å². The molecule has 0 radical (unpaired) electrons. The first-order chi connectivity index (χ1) is 8.29. The predicted octanol–water partition coefficient (Wildman–Crippen LogP) is 3.84. The maximum absolute atomic E-state index is 10.8. The van der Waals surface area contributed by atoms with Crippen LogP contribution in [0.25, 0.3) is 0 Å². The van der Waals surface area contributed by atoms with Gasteiger partial charge in [0.05, 0.1) is 12.2 Å². The third kappa shape index (κ3) is 3.32. The van der Waals surface area contributed by atoms with E-state index >= 15 is 0 Å². The van der Waals surface area contributed by atoms with Crippen molar-refractivity contribution >= 4 is 29.2 Å². The van der Waals surface area contributed by atoms with Crippen molar-refractivity contribution in [2.24, 2.45) is 0 Å². The van der Waals surface area contributed by atoms with Gasteiger partial charge in [0.25, 0.3) is 0 Å². The lowest BCUT2D eigenvalue weighted by Crippen LogP contribution is -2.02. The van der Waals surface area contributed by atoms with Gasteiger partial charge in [0, 0.05) is 11.4 Å². The summed E-state index contributed by atoms with van der Waals surface area (Å²) in [7, 11) is 0. The summed E-state index contributed by atoms with van der Waals surface area (Å²) < 4.78 is 5.57. The predicted molar refractivity (Wildman–Crippen MR) is 70.4 cm³/mol. The van der Waals surface area contributed by atoms with E-state index in [1.807, 2.05) is 5.38 Å². The van der Waals surface area contributed by atoms with Gasteiger partial charge in [-0.2, -0.15) is 11.3 Å². The normalized spacial score (nSPS) is 10.2. The Bertz CT molecular complexity index is 494. The van der Waals surface area contributed by atoms with Gasteiger partial charge in [0.1, 0.15) is 5.75 Å². The number of carbonyl (C=O) groups is 1.